The number of amides is 1. The molecule has 3 N–H and O–H groups in total. The van der Waals surface area contributed by atoms with E-state index in [0.29, 0.717) is 12.1 Å². The van der Waals surface area contributed by atoms with Gasteiger partial charge in [-0.25, -0.2) is 0 Å². The van der Waals surface area contributed by atoms with Crippen molar-refractivity contribution in [2.45, 2.75) is 6.92 Å². The fraction of sp³-hybridized carbons (Fsp3) is 0.400. The van der Waals surface area contributed by atoms with E-state index in [9.17, 15) is 15.0 Å². The Labute approximate surface area is 117 Å². The van der Waals surface area contributed by atoms with Gasteiger partial charge in [-0.2, -0.15) is 0 Å². The van der Waals surface area contributed by atoms with Gasteiger partial charge in [0.1, 0.15) is 0 Å². The molecule has 1 aromatic heterocycles. The molecule has 0 aliphatic rings. The quantitative estimate of drug-likeness (QED) is 0.768. The lowest BCUT2D eigenvalue weighted by atomic mass is 9.92. The summed E-state index contributed by atoms with van der Waals surface area (Å²) in [6.07, 6.45) is 1.80. The largest absolute Gasteiger partial charge is 0.396 e. The number of benzene rings is 1. The second-order valence-electron chi connectivity index (χ2n) is 5.53. The zero-order chi connectivity index (χ0) is 14.8. The normalized spacial score (nSPS) is 11.8. The number of fused-ring (bicyclic) bond motifs is 1. The van der Waals surface area contributed by atoms with Crippen LogP contribution < -0.4 is 0 Å². The van der Waals surface area contributed by atoms with Crippen LogP contribution in [0.4, 0.5) is 0 Å². The number of hydrogen-bond donors (Lipinski definition) is 3. The Morgan fingerprint density at radius 3 is 2.65 bits per heavy atom. The number of aromatic nitrogens is 1. The molecule has 108 valence electrons. The van der Waals surface area contributed by atoms with Crippen LogP contribution in [0.25, 0.3) is 10.9 Å². The molecule has 20 heavy (non-hydrogen) atoms. The van der Waals surface area contributed by atoms with E-state index in [2.05, 4.69) is 4.98 Å². The minimum absolute atomic E-state index is 0.122. The molecular weight excluding hydrogens is 256 g/mol. The fourth-order valence-electron chi connectivity index (χ4n) is 2.27. The predicted octanol–water partition coefficient (Wildman–Crippen LogP) is 1.23. The van der Waals surface area contributed by atoms with Gasteiger partial charge in [-0.05, 0) is 18.2 Å². The van der Waals surface area contributed by atoms with E-state index in [1.54, 1.807) is 26.2 Å². The SMILES string of the molecule is CN(CC(C)(CO)CO)C(=O)c1cccc2[nH]ccc12. The van der Waals surface area contributed by atoms with E-state index in [1.807, 2.05) is 18.2 Å². The molecule has 0 unspecified atom stereocenters. The molecule has 0 spiro atoms. The van der Waals surface area contributed by atoms with Gasteiger partial charge in [0.15, 0.2) is 0 Å². The Hall–Kier alpha value is -1.85. The number of H-pyrrole nitrogens is 1. The summed E-state index contributed by atoms with van der Waals surface area (Å²) in [4.78, 5) is 17.1. The van der Waals surface area contributed by atoms with Gasteiger partial charge in [0, 0.05) is 41.7 Å². The van der Waals surface area contributed by atoms with Crippen LogP contribution in [0.5, 0.6) is 0 Å². The zero-order valence-electron chi connectivity index (χ0n) is 11.8. The Balaban J connectivity index is 2.25. The summed E-state index contributed by atoms with van der Waals surface area (Å²) in [6.45, 7) is 1.69. The van der Waals surface area contributed by atoms with Crippen molar-refractivity contribution in [2.75, 3.05) is 26.8 Å². The molecule has 0 radical (unpaired) electrons. The topological polar surface area (TPSA) is 76.6 Å². The summed E-state index contributed by atoms with van der Waals surface area (Å²) in [7, 11) is 1.68. The minimum Gasteiger partial charge on any atom is -0.396 e. The third kappa shape index (κ3) is 2.69. The van der Waals surface area contributed by atoms with Crippen molar-refractivity contribution < 1.29 is 15.0 Å². The molecule has 2 aromatic rings. The van der Waals surface area contributed by atoms with Gasteiger partial charge in [0.05, 0.1) is 13.2 Å². The number of aliphatic hydroxyl groups excluding tert-OH is 2. The first-order valence-electron chi connectivity index (χ1n) is 6.54. The maximum atomic E-state index is 12.5. The van der Waals surface area contributed by atoms with Crippen LogP contribution in [-0.2, 0) is 0 Å². The summed E-state index contributed by atoms with van der Waals surface area (Å²) in [5.74, 6) is -0.122. The van der Waals surface area contributed by atoms with Crippen LogP contribution in [0.2, 0.25) is 0 Å². The molecule has 5 nitrogen and oxygen atoms in total. The van der Waals surface area contributed by atoms with Crippen molar-refractivity contribution in [3.05, 3.63) is 36.0 Å². The van der Waals surface area contributed by atoms with Gasteiger partial charge >= 0.3 is 0 Å². The zero-order valence-corrected chi connectivity index (χ0v) is 11.8. The van der Waals surface area contributed by atoms with Crippen molar-refractivity contribution in [3.8, 4) is 0 Å². The van der Waals surface area contributed by atoms with Crippen LogP contribution in [0.1, 0.15) is 17.3 Å². The average molecular weight is 276 g/mol. The van der Waals surface area contributed by atoms with E-state index >= 15 is 0 Å². The molecule has 2 rings (SSSR count). The van der Waals surface area contributed by atoms with Gasteiger partial charge in [0.2, 0.25) is 0 Å². The Bertz CT molecular complexity index is 602. The Morgan fingerprint density at radius 2 is 2.00 bits per heavy atom. The number of nitrogens with zero attached hydrogens (tertiary/aromatic N) is 1. The van der Waals surface area contributed by atoms with Gasteiger partial charge < -0.3 is 20.1 Å². The fourth-order valence-corrected chi connectivity index (χ4v) is 2.27. The lowest BCUT2D eigenvalue weighted by Crippen LogP contribution is -2.41. The molecule has 0 bridgehead atoms. The van der Waals surface area contributed by atoms with E-state index in [4.69, 9.17) is 0 Å². The first-order chi connectivity index (χ1) is 9.50. The van der Waals surface area contributed by atoms with Crippen LogP contribution in [-0.4, -0.2) is 52.8 Å². The number of carbonyl (C=O) groups excluding carboxylic acids is 1. The third-order valence-corrected chi connectivity index (χ3v) is 3.55. The number of aromatic amines is 1. The molecule has 0 saturated carbocycles. The molecule has 0 aliphatic heterocycles. The lowest BCUT2D eigenvalue weighted by Gasteiger charge is -2.30. The highest BCUT2D eigenvalue weighted by molar-refractivity contribution is 6.06. The number of hydrogen-bond acceptors (Lipinski definition) is 3. The first-order valence-corrected chi connectivity index (χ1v) is 6.54. The average Bonchev–Trinajstić information content (AvgIpc) is 2.94. The van der Waals surface area contributed by atoms with Gasteiger partial charge in [-0.3, -0.25) is 4.79 Å². The maximum Gasteiger partial charge on any atom is 0.254 e. The summed E-state index contributed by atoms with van der Waals surface area (Å²) in [5, 5.41) is 19.5. The van der Waals surface area contributed by atoms with Crippen molar-refractivity contribution in [2.24, 2.45) is 5.41 Å². The van der Waals surface area contributed by atoms with E-state index in [1.165, 1.54) is 4.90 Å². The van der Waals surface area contributed by atoms with Crippen LogP contribution in [0.15, 0.2) is 30.5 Å². The van der Waals surface area contributed by atoms with Crippen molar-refractivity contribution in [1.29, 1.82) is 0 Å². The molecular formula is C15H20N2O3. The van der Waals surface area contributed by atoms with Crippen LogP contribution in [0.3, 0.4) is 0 Å². The van der Waals surface area contributed by atoms with E-state index < -0.39 is 5.41 Å². The summed E-state index contributed by atoms with van der Waals surface area (Å²) in [5.41, 5.74) is 0.831. The van der Waals surface area contributed by atoms with Crippen molar-refractivity contribution in [3.63, 3.8) is 0 Å². The number of rotatable bonds is 5. The number of aliphatic hydroxyl groups is 2. The van der Waals surface area contributed by atoms with Crippen molar-refractivity contribution >= 4 is 16.8 Å². The highest BCUT2D eigenvalue weighted by Crippen LogP contribution is 2.21. The molecule has 1 amide bonds. The molecule has 1 heterocycles. The van der Waals surface area contributed by atoms with E-state index in [0.717, 1.165) is 10.9 Å². The second kappa shape index (κ2) is 5.64. The summed E-state index contributed by atoms with van der Waals surface area (Å²) in [6, 6.07) is 7.40. The molecule has 0 saturated heterocycles. The third-order valence-electron chi connectivity index (χ3n) is 3.55. The van der Waals surface area contributed by atoms with Crippen molar-refractivity contribution in [1.82, 2.24) is 9.88 Å². The first kappa shape index (κ1) is 14.6. The predicted molar refractivity (Wildman–Crippen MR) is 77.5 cm³/mol. The van der Waals surface area contributed by atoms with E-state index in [-0.39, 0.29) is 19.1 Å². The standard InChI is InChI=1S/C15H20N2O3/c1-15(9-18,10-19)8-17(2)14(20)12-4-3-5-13-11(12)6-7-16-13/h3-7,16,18-19H,8-10H2,1-2H3. The summed E-state index contributed by atoms with van der Waals surface area (Å²) >= 11 is 0. The molecule has 0 atom stereocenters. The van der Waals surface area contributed by atoms with Gasteiger partial charge in [-0.1, -0.05) is 13.0 Å². The van der Waals surface area contributed by atoms with Gasteiger partial charge in [-0.15, -0.1) is 0 Å². The number of nitrogens with one attached hydrogen (secondary N) is 1. The highest BCUT2D eigenvalue weighted by Gasteiger charge is 2.27. The number of carbonyl (C=O) groups is 1. The minimum atomic E-state index is -0.698. The maximum absolute atomic E-state index is 12.5. The summed E-state index contributed by atoms with van der Waals surface area (Å²) < 4.78 is 0. The van der Waals surface area contributed by atoms with Crippen LogP contribution in [0, 0.1) is 5.41 Å². The monoisotopic (exact) mass is 276 g/mol. The smallest absolute Gasteiger partial charge is 0.254 e. The Kier molecular flexibility index (Phi) is 4.11. The molecule has 1 aromatic carbocycles. The highest BCUT2D eigenvalue weighted by atomic mass is 16.3. The molecule has 0 fully saturated rings. The van der Waals surface area contributed by atoms with Crippen LogP contribution >= 0.6 is 0 Å². The molecule has 5 heteroatoms. The Morgan fingerprint density at radius 1 is 1.30 bits per heavy atom. The van der Waals surface area contributed by atoms with Gasteiger partial charge in [0.25, 0.3) is 5.91 Å². The molecule has 0 aliphatic carbocycles. The lowest BCUT2D eigenvalue weighted by molar-refractivity contribution is 0.0367. The second-order valence-corrected chi connectivity index (χ2v) is 5.53.